The maximum atomic E-state index is 6.05. The summed E-state index contributed by atoms with van der Waals surface area (Å²) in [5.74, 6) is 0.932. The molecule has 0 radical (unpaired) electrons. The van der Waals surface area contributed by atoms with Gasteiger partial charge in [-0.25, -0.2) is 0 Å². The lowest BCUT2D eigenvalue weighted by Gasteiger charge is -2.41. The summed E-state index contributed by atoms with van der Waals surface area (Å²) in [6.45, 7) is 8.45. The van der Waals surface area contributed by atoms with Crippen LogP contribution in [0.5, 0.6) is 0 Å². The summed E-state index contributed by atoms with van der Waals surface area (Å²) in [6.07, 6.45) is 6.98. The predicted molar refractivity (Wildman–Crippen MR) is 71.0 cm³/mol. The summed E-state index contributed by atoms with van der Waals surface area (Å²) < 4.78 is 5.76. The van der Waals surface area contributed by atoms with Crippen LogP contribution < -0.4 is 5.73 Å². The van der Waals surface area contributed by atoms with Gasteiger partial charge in [0.25, 0.3) is 0 Å². The average Bonchev–Trinajstić information content (AvgIpc) is 2.98. The number of rotatable bonds is 7. The van der Waals surface area contributed by atoms with Crippen LogP contribution in [0.3, 0.4) is 0 Å². The van der Waals surface area contributed by atoms with E-state index in [0.29, 0.717) is 6.10 Å². The van der Waals surface area contributed by atoms with Gasteiger partial charge in [-0.15, -0.1) is 0 Å². The van der Waals surface area contributed by atoms with Gasteiger partial charge in [0, 0.05) is 25.2 Å². The Morgan fingerprint density at radius 3 is 2.59 bits per heavy atom. The fourth-order valence-electron chi connectivity index (χ4n) is 3.05. The minimum atomic E-state index is 0.182. The third kappa shape index (κ3) is 3.43. The quantitative estimate of drug-likeness (QED) is 0.740. The summed E-state index contributed by atoms with van der Waals surface area (Å²) in [5.41, 5.74) is 6.23. The van der Waals surface area contributed by atoms with Gasteiger partial charge < -0.3 is 10.5 Å². The molecule has 2 N–H and O–H groups in total. The molecule has 2 unspecified atom stereocenters. The van der Waals surface area contributed by atoms with E-state index in [-0.39, 0.29) is 5.54 Å². The summed E-state index contributed by atoms with van der Waals surface area (Å²) in [4.78, 5) is 2.56. The molecule has 0 aromatic heterocycles. The lowest BCUT2D eigenvalue weighted by atomic mass is 9.92. The van der Waals surface area contributed by atoms with E-state index < -0.39 is 0 Å². The highest BCUT2D eigenvalue weighted by molar-refractivity contribution is 4.93. The van der Waals surface area contributed by atoms with Crippen molar-refractivity contribution >= 4 is 0 Å². The van der Waals surface area contributed by atoms with E-state index in [2.05, 4.69) is 18.7 Å². The molecular weight excluding hydrogens is 212 g/mol. The van der Waals surface area contributed by atoms with E-state index in [1.807, 2.05) is 0 Å². The molecule has 0 amide bonds. The van der Waals surface area contributed by atoms with Gasteiger partial charge in [-0.2, -0.15) is 0 Å². The highest BCUT2D eigenvalue weighted by atomic mass is 16.5. The molecule has 1 aliphatic heterocycles. The Hall–Kier alpha value is -0.120. The standard InChI is InChI=1S/C14H28N2O/c1-3-16(10-13-5-4-8-17-13)14(2,11-15)9-12-6-7-12/h12-13H,3-11,15H2,1-2H3. The van der Waals surface area contributed by atoms with E-state index in [0.717, 1.165) is 32.2 Å². The van der Waals surface area contributed by atoms with Crippen LogP contribution in [-0.2, 0) is 4.74 Å². The Kier molecular flexibility index (Phi) is 4.45. The summed E-state index contributed by atoms with van der Waals surface area (Å²) in [5, 5.41) is 0. The third-order valence-corrected chi connectivity index (χ3v) is 4.46. The maximum absolute atomic E-state index is 6.05. The van der Waals surface area contributed by atoms with Gasteiger partial charge in [0.1, 0.15) is 0 Å². The first-order chi connectivity index (χ1) is 8.18. The van der Waals surface area contributed by atoms with Crippen molar-refractivity contribution in [1.29, 1.82) is 0 Å². The second-order valence-corrected chi connectivity index (χ2v) is 6.02. The largest absolute Gasteiger partial charge is 0.377 e. The van der Waals surface area contributed by atoms with Gasteiger partial charge in [0.2, 0.25) is 0 Å². The molecule has 1 heterocycles. The monoisotopic (exact) mass is 240 g/mol. The summed E-state index contributed by atoms with van der Waals surface area (Å²) >= 11 is 0. The minimum Gasteiger partial charge on any atom is -0.377 e. The molecule has 3 nitrogen and oxygen atoms in total. The molecular formula is C14H28N2O. The summed E-state index contributed by atoms with van der Waals surface area (Å²) in [7, 11) is 0. The maximum Gasteiger partial charge on any atom is 0.0703 e. The van der Waals surface area contributed by atoms with Crippen molar-refractivity contribution in [3.8, 4) is 0 Å². The van der Waals surface area contributed by atoms with E-state index in [9.17, 15) is 0 Å². The average molecular weight is 240 g/mol. The van der Waals surface area contributed by atoms with Crippen LogP contribution in [0.15, 0.2) is 0 Å². The first-order valence-electron chi connectivity index (χ1n) is 7.24. The van der Waals surface area contributed by atoms with Crippen molar-refractivity contribution in [1.82, 2.24) is 4.90 Å². The fourth-order valence-corrected chi connectivity index (χ4v) is 3.05. The number of nitrogens with two attached hydrogens (primary N) is 1. The SMILES string of the molecule is CCN(CC1CCCO1)C(C)(CN)CC1CC1. The molecule has 2 aliphatic rings. The predicted octanol–water partition coefficient (Wildman–Crippen LogP) is 2.00. The van der Waals surface area contributed by atoms with E-state index in [4.69, 9.17) is 10.5 Å². The first kappa shape index (κ1) is 13.3. The van der Waals surface area contributed by atoms with Gasteiger partial charge in [0.15, 0.2) is 0 Å². The molecule has 2 atom stereocenters. The lowest BCUT2D eigenvalue weighted by Crippen LogP contribution is -2.54. The first-order valence-corrected chi connectivity index (χ1v) is 7.24. The highest BCUT2D eigenvalue weighted by Gasteiger charge is 2.37. The molecule has 0 bridgehead atoms. The smallest absolute Gasteiger partial charge is 0.0703 e. The molecule has 1 aliphatic carbocycles. The Bertz CT molecular complexity index is 236. The Morgan fingerprint density at radius 2 is 2.12 bits per heavy atom. The zero-order valence-electron chi connectivity index (χ0n) is 11.5. The van der Waals surface area contributed by atoms with Crippen LogP contribution in [0, 0.1) is 5.92 Å². The van der Waals surface area contributed by atoms with Gasteiger partial charge in [-0.3, -0.25) is 4.90 Å². The molecule has 1 saturated heterocycles. The van der Waals surface area contributed by atoms with Crippen LogP contribution in [0.2, 0.25) is 0 Å². The van der Waals surface area contributed by atoms with Crippen LogP contribution in [0.25, 0.3) is 0 Å². The molecule has 2 fully saturated rings. The number of hydrogen-bond acceptors (Lipinski definition) is 3. The van der Waals surface area contributed by atoms with Crippen molar-refractivity contribution in [3.05, 3.63) is 0 Å². The molecule has 3 heteroatoms. The van der Waals surface area contributed by atoms with E-state index in [1.54, 1.807) is 0 Å². The number of hydrogen-bond donors (Lipinski definition) is 1. The molecule has 2 rings (SSSR count). The second-order valence-electron chi connectivity index (χ2n) is 6.02. The van der Waals surface area contributed by atoms with Crippen LogP contribution in [0.1, 0.15) is 46.0 Å². The lowest BCUT2D eigenvalue weighted by molar-refractivity contribution is 0.0253. The summed E-state index contributed by atoms with van der Waals surface area (Å²) in [6, 6.07) is 0. The van der Waals surface area contributed by atoms with Gasteiger partial charge >= 0.3 is 0 Å². The zero-order valence-corrected chi connectivity index (χ0v) is 11.5. The van der Waals surface area contributed by atoms with Crippen molar-refractivity contribution in [2.45, 2.75) is 57.6 Å². The normalized spacial score (nSPS) is 28.6. The van der Waals surface area contributed by atoms with Gasteiger partial charge in [-0.05, 0) is 38.6 Å². The Balaban J connectivity index is 1.92. The third-order valence-electron chi connectivity index (χ3n) is 4.46. The van der Waals surface area contributed by atoms with Crippen LogP contribution >= 0.6 is 0 Å². The Labute approximate surface area is 106 Å². The number of ether oxygens (including phenoxy) is 1. The fraction of sp³-hybridized carbons (Fsp3) is 1.00. The number of nitrogens with zero attached hydrogens (tertiary/aromatic N) is 1. The van der Waals surface area contributed by atoms with Crippen molar-refractivity contribution < 1.29 is 4.74 Å². The molecule has 0 aromatic rings. The minimum absolute atomic E-state index is 0.182. The molecule has 1 saturated carbocycles. The highest BCUT2D eigenvalue weighted by Crippen LogP contribution is 2.38. The zero-order chi connectivity index (χ0) is 12.3. The van der Waals surface area contributed by atoms with Crippen LogP contribution in [-0.4, -0.2) is 42.8 Å². The van der Waals surface area contributed by atoms with Gasteiger partial charge in [0.05, 0.1) is 6.10 Å². The topological polar surface area (TPSA) is 38.5 Å². The van der Waals surface area contributed by atoms with E-state index in [1.165, 1.54) is 32.1 Å². The van der Waals surface area contributed by atoms with Crippen molar-refractivity contribution in [2.75, 3.05) is 26.2 Å². The van der Waals surface area contributed by atoms with E-state index >= 15 is 0 Å². The second kappa shape index (κ2) is 5.68. The molecule has 0 aromatic carbocycles. The van der Waals surface area contributed by atoms with Crippen molar-refractivity contribution in [3.63, 3.8) is 0 Å². The Morgan fingerprint density at radius 1 is 1.35 bits per heavy atom. The van der Waals surface area contributed by atoms with Gasteiger partial charge in [-0.1, -0.05) is 19.8 Å². The van der Waals surface area contributed by atoms with Crippen molar-refractivity contribution in [2.24, 2.45) is 11.7 Å². The molecule has 0 spiro atoms. The number of likely N-dealkylation sites (N-methyl/N-ethyl adjacent to an activating group) is 1. The molecule has 17 heavy (non-hydrogen) atoms. The molecule has 100 valence electrons. The van der Waals surface area contributed by atoms with Crippen LogP contribution in [0.4, 0.5) is 0 Å².